The fourth-order valence-corrected chi connectivity index (χ4v) is 3.20. The normalized spacial score (nSPS) is 14.6. The summed E-state index contributed by atoms with van der Waals surface area (Å²) >= 11 is 0. The lowest BCUT2D eigenvalue weighted by molar-refractivity contribution is 0.0625. The number of ether oxygens (including phenoxy) is 3. The van der Waals surface area contributed by atoms with Crippen LogP contribution in [0.2, 0.25) is 0 Å². The highest BCUT2D eigenvalue weighted by molar-refractivity contribution is 5.84. The van der Waals surface area contributed by atoms with Gasteiger partial charge in [0.1, 0.15) is 24.1 Å². The number of likely N-dealkylation sites (tertiary alicyclic amines) is 1. The van der Waals surface area contributed by atoms with E-state index in [4.69, 9.17) is 14.2 Å². The summed E-state index contributed by atoms with van der Waals surface area (Å²) in [5.74, 6) is 0.722. The lowest BCUT2D eigenvalue weighted by atomic mass is 10.1. The topological polar surface area (TPSA) is 77.1 Å². The number of hydrogen-bond acceptors (Lipinski definition) is 5. The van der Waals surface area contributed by atoms with Crippen molar-refractivity contribution in [2.24, 2.45) is 0 Å². The average Bonchev–Trinajstić information content (AvgIpc) is 2.73. The molecule has 2 amide bonds. The molecule has 0 unspecified atom stereocenters. The van der Waals surface area contributed by atoms with Gasteiger partial charge in [-0.15, -0.1) is 0 Å². The van der Waals surface area contributed by atoms with Crippen LogP contribution in [0.25, 0.3) is 0 Å². The zero-order valence-electron chi connectivity index (χ0n) is 18.3. The number of anilines is 1. The molecule has 0 bridgehead atoms. The Morgan fingerprint density at radius 2 is 1.65 bits per heavy atom. The van der Waals surface area contributed by atoms with E-state index in [0.717, 1.165) is 24.2 Å². The molecule has 1 N–H and O–H groups in total. The van der Waals surface area contributed by atoms with Crippen LogP contribution < -0.4 is 10.1 Å². The number of carbonyl (C=O) groups is 2. The van der Waals surface area contributed by atoms with Crippen LogP contribution in [0.3, 0.4) is 0 Å². The first-order chi connectivity index (χ1) is 14.8. The monoisotopic (exact) mass is 426 g/mol. The van der Waals surface area contributed by atoms with Crippen molar-refractivity contribution in [3.8, 4) is 5.75 Å². The Hall–Kier alpha value is -3.22. The quantitative estimate of drug-likeness (QED) is 0.710. The van der Waals surface area contributed by atoms with E-state index in [1.54, 1.807) is 17.0 Å². The Morgan fingerprint density at radius 3 is 2.26 bits per heavy atom. The zero-order valence-corrected chi connectivity index (χ0v) is 18.3. The first-order valence-corrected chi connectivity index (χ1v) is 10.5. The minimum Gasteiger partial charge on any atom is -0.490 e. The van der Waals surface area contributed by atoms with Crippen LogP contribution in [0.5, 0.6) is 5.75 Å². The van der Waals surface area contributed by atoms with Crippen molar-refractivity contribution >= 4 is 17.9 Å². The lowest BCUT2D eigenvalue weighted by Gasteiger charge is -2.31. The van der Waals surface area contributed by atoms with Gasteiger partial charge >= 0.3 is 12.2 Å². The molecule has 1 aliphatic rings. The third-order valence-electron chi connectivity index (χ3n) is 4.71. The SMILES string of the molecule is CC(C)(C)OC(=O)Nc1ccc(OC2CCN(C(=O)OCc3ccccc3)CC2)cc1. The first-order valence-electron chi connectivity index (χ1n) is 10.5. The summed E-state index contributed by atoms with van der Waals surface area (Å²) in [6.45, 7) is 6.92. The zero-order chi connectivity index (χ0) is 22.3. The van der Waals surface area contributed by atoms with E-state index < -0.39 is 11.7 Å². The summed E-state index contributed by atoms with van der Waals surface area (Å²) in [6.07, 6.45) is 0.715. The maximum Gasteiger partial charge on any atom is 0.412 e. The predicted molar refractivity (Wildman–Crippen MR) is 118 cm³/mol. The molecule has 0 aliphatic carbocycles. The van der Waals surface area contributed by atoms with Gasteiger partial charge in [-0.05, 0) is 50.6 Å². The van der Waals surface area contributed by atoms with E-state index in [1.807, 2.05) is 63.2 Å². The highest BCUT2D eigenvalue weighted by atomic mass is 16.6. The highest BCUT2D eigenvalue weighted by Gasteiger charge is 2.25. The minimum absolute atomic E-state index is 0.0304. The van der Waals surface area contributed by atoms with E-state index in [9.17, 15) is 9.59 Å². The van der Waals surface area contributed by atoms with Gasteiger partial charge < -0.3 is 19.1 Å². The van der Waals surface area contributed by atoms with E-state index >= 15 is 0 Å². The molecule has 0 atom stereocenters. The summed E-state index contributed by atoms with van der Waals surface area (Å²) < 4.78 is 16.7. The Balaban J connectivity index is 1.40. The second kappa shape index (κ2) is 10.2. The largest absolute Gasteiger partial charge is 0.490 e. The van der Waals surface area contributed by atoms with E-state index in [0.29, 0.717) is 18.8 Å². The Labute approximate surface area is 183 Å². The van der Waals surface area contributed by atoms with Gasteiger partial charge in [-0.25, -0.2) is 9.59 Å². The standard InChI is InChI=1S/C24H30N2O5/c1-24(2,3)31-22(27)25-19-9-11-20(12-10-19)30-21-13-15-26(16-14-21)23(28)29-17-18-7-5-4-6-8-18/h4-12,21H,13-17H2,1-3H3,(H,25,27). The number of amides is 2. The predicted octanol–water partition coefficient (Wildman–Crippen LogP) is 5.21. The molecule has 7 heteroatoms. The molecule has 3 rings (SSSR count). The molecule has 1 aliphatic heterocycles. The molecule has 1 heterocycles. The van der Waals surface area contributed by atoms with E-state index in [-0.39, 0.29) is 18.8 Å². The summed E-state index contributed by atoms with van der Waals surface area (Å²) in [5, 5.41) is 2.70. The van der Waals surface area contributed by atoms with Gasteiger partial charge in [-0.3, -0.25) is 5.32 Å². The molecule has 0 radical (unpaired) electrons. The molecule has 2 aromatic rings. The van der Waals surface area contributed by atoms with Crippen molar-refractivity contribution in [1.82, 2.24) is 4.90 Å². The van der Waals surface area contributed by atoms with Crippen molar-refractivity contribution in [2.45, 2.75) is 51.9 Å². The number of carbonyl (C=O) groups excluding carboxylic acids is 2. The van der Waals surface area contributed by atoms with Crippen LogP contribution in [0.4, 0.5) is 15.3 Å². The van der Waals surface area contributed by atoms with Gasteiger partial charge in [-0.1, -0.05) is 30.3 Å². The molecule has 7 nitrogen and oxygen atoms in total. The van der Waals surface area contributed by atoms with Crippen molar-refractivity contribution < 1.29 is 23.8 Å². The number of nitrogens with zero attached hydrogens (tertiary/aromatic N) is 1. The minimum atomic E-state index is -0.546. The van der Waals surface area contributed by atoms with Gasteiger partial charge in [-0.2, -0.15) is 0 Å². The van der Waals surface area contributed by atoms with Crippen molar-refractivity contribution in [3.63, 3.8) is 0 Å². The van der Waals surface area contributed by atoms with Crippen LogP contribution in [0, 0.1) is 0 Å². The van der Waals surface area contributed by atoms with Crippen molar-refractivity contribution in [3.05, 3.63) is 60.2 Å². The first kappa shape index (κ1) is 22.5. The van der Waals surface area contributed by atoms with Crippen molar-refractivity contribution in [1.29, 1.82) is 0 Å². The summed E-state index contributed by atoms with van der Waals surface area (Å²) in [4.78, 5) is 25.8. The third-order valence-corrected chi connectivity index (χ3v) is 4.71. The second-order valence-electron chi connectivity index (χ2n) is 8.50. The molecule has 0 aromatic heterocycles. The van der Waals surface area contributed by atoms with Crippen LogP contribution in [0.15, 0.2) is 54.6 Å². The number of rotatable bonds is 5. The summed E-state index contributed by atoms with van der Waals surface area (Å²) in [5.41, 5.74) is 1.06. The van der Waals surface area contributed by atoms with Gasteiger partial charge in [0.15, 0.2) is 0 Å². The second-order valence-corrected chi connectivity index (χ2v) is 8.50. The third kappa shape index (κ3) is 7.51. The smallest absolute Gasteiger partial charge is 0.412 e. The molecule has 0 saturated carbocycles. The molecule has 0 spiro atoms. The number of nitrogens with one attached hydrogen (secondary N) is 1. The Kier molecular flexibility index (Phi) is 7.39. The van der Waals surface area contributed by atoms with Gasteiger partial charge in [0, 0.05) is 31.6 Å². The van der Waals surface area contributed by atoms with Crippen LogP contribution >= 0.6 is 0 Å². The lowest BCUT2D eigenvalue weighted by Crippen LogP contribution is -2.42. The number of benzene rings is 2. The Bertz CT molecular complexity index is 854. The van der Waals surface area contributed by atoms with Crippen LogP contribution in [0.1, 0.15) is 39.2 Å². The van der Waals surface area contributed by atoms with Gasteiger partial charge in [0.05, 0.1) is 0 Å². The van der Waals surface area contributed by atoms with Crippen LogP contribution in [-0.4, -0.2) is 41.9 Å². The van der Waals surface area contributed by atoms with Crippen molar-refractivity contribution in [2.75, 3.05) is 18.4 Å². The molecule has 1 fully saturated rings. The molecular formula is C24H30N2O5. The number of piperidine rings is 1. The fourth-order valence-electron chi connectivity index (χ4n) is 3.20. The van der Waals surface area contributed by atoms with E-state index in [2.05, 4.69) is 5.32 Å². The molecule has 31 heavy (non-hydrogen) atoms. The number of hydrogen-bond donors (Lipinski definition) is 1. The Morgan fingerprint density at radius 1 is 1.00 bits per heavy atom. The van der Waals surface area contributed by atoms with Crippen LogP contribution in [-0.2, 0) is 16.1 Å². The van der Waals surface area contributed by atoms with E-state index in [1.165, 1.54) is 0 Å². The highest BCUT2D eigenvalue weighted by Crippen LogP contribution is 2.22. The molecular weight excluding hydrogens is 396 g/mol. The molecule has 1 saturated heterocycles. The molecule has 2 aromatic carbocycles. The summed E-state index contributed by atoms with van der Waals surface area (Å²) in [6, 6.07) is 16.8. The van der Waals surface area contributed by atoms with Gasteiger partial charge in [0.25, 0.3) is 0 Å². The maximum atomic E-state index is 12.3. The van der Waals surface area contributed by atoms with Gasteiger partial charge in [0.2, 0.25) is 0 Å². The average molecular weight is 427 g/mol. The summed E-state index contributed by atoms with van der Waals surface area (Å²) in [7, 11) is 0. The maximum absolute atomic E-state index is 12.3. The molecule has 166 valence electrons. The fraction of sp³-hybridized carbons (Fsp3) is 0.417.